The third-order valence-corrected chi connectivity index (χ3v) is 6.97. The van der Waals surface area contributed by atoms with Gasteiger partial charge in [0.15, 0.2) is 0 Å². The minimum absolute atomic E-state index is 0.256. The molecule has 0 aromatic carbocycles. The maximum absolute atomic E-state index is 13.1. The number of thiophene rings is 1. The number of nitrogens with one attached hydrogen (secondary N) is 2. The number of nitriles is 1. The molecule has 2 aromatic heterocycles. The van der Waals surface area contributed by atoms with Crippen LogP contribution in [-0.2, 0) is 4.79 Å². The summed E-state index contributed by atoms with van der Waals surface area (Å²) in [5.74, 6) is -1.20. The summed E-state index contributed by atoms with van der Waals surface area (Å²) in [5.41, 5.74) is 1.05. The summed E-state index contributed by atoms with van der Waals surface area (Å²) in [4.78, 5) is 36.4. The lowest BCUT2D eigenvalue weighted by atomic mass is 9.82. The quantitative estimate of drug-likeness (QED) is 0.811. The Balaban J connectivity index is 1.87. The van der Waals surface area contributed by atoms with Gasteiger partial charge >= 0.3 is 0 Å². The van der Waals surface area contributed by atoms with Gasteiger partial charge in [-0.1, -0.05) is 0 Å². The summed E-state index contributed by atoms with van der Waals surface area (Å²) in [6, 6.07) is 4.53. The van der Waals surface area contributed by atoms with Crippen LogP contribution in [0.15, 0.2) is 16.2 Å². The van der Waals surface area contributed by atoms with E-state index in [0.717, 1.165) is 29.7 Å². The first-order valence-corrected chi connectivity index (χ1v) is 10.5. The first-order chi connectivity index (χ1) is 13.4. The van der Waals surface area contributed by atoms with E-state index in [-0.39, 0.29) is 23.5 Å². The summed E-state index contributed by atoms with van der Waals surface area (Å²) in [5, 5.41) is 14.2. The van der Waals surface area contributed by atoms with E-state index in [0.29, 0.717) is 11.5 Å². The predicted octanol–water partition coefficient (Wildman–Crippen LogP) is 3.13. The second-order valence-electron chi connectivity index (χ2n) is 7.73. The summed E-state index contributed by atoms with van der Waals surface area (Å²) in [6.07, 6.45) is 3.21. The largest absolute Gasteiger partial charge is 0.337 e. The van der Waals surface area contributed by atoms with Crippen molar-refractivity contribution in [3.63, 3.8) is 0 Å². The average Bonchev–Trinajstić information content (AvgIpc) is 3.06. The molecule has 146 valence electrons. The molecule has 2 N–H and O–H groups in total. The fourth-order valence-electron chi connectivity index (χ4n) is 4.45. The molecular formula is C20H23N5O2S. The van der Waals surface area contributed by atoms with Gasteiger partial charge in [0.2, 0.25) is 11.9 Å². The molecule has 4 unspecified atom stereocenters. The van der Waals surface area contributed by atoms with Crippen LogP contribution in [0.1, 0.15) is 55.0 Å². The van der Waals surface area contributed by atoms with Gasteiger partial charge in [0.1, 0.15) is 11.7 Å². The summed E-state index contributed by atoms with van der Waals surface area (Å²) in [6.45, 7) is 6.17. The number of nitrogens with zero attached hydrogens (tertiary/aromatic N) is 3. The molecule has 7 nitrogen and oxygen atoms in total. The number of amides is 1. The molecule has 0 aliphatic carbocycles. The van der Waals surface area contributed by atoms with Crippen molar-refractivity contribution in [2.24, 2.45) is 5.92 Å². The van der Waals surface area contributed by atoms with E-state index in [1.54, 1.807) is 0 Å². The third-order valence-electron chi connectivity index (χ3n) is 5.87. The van der Waals surface area contributed by atoms with Gasteiger partial charge in [0.05, 0.1) is 17.6 Å². The Morgan fingerprint density at radius 2 is 2.00 bits per heavy atom. The molecule has 0 spiro atoms. The van der Waals surface area contributed by atoms with E-state index in [4.69, 9.17) is 0 Å². The molecule has 2 aliphatic heterocycles. The number of anilines is 2. The lowest BCUT2D eigenvalue weighted by molar-refractivity contribution is -0.119. The zero-order valence-corrected chi connectivity index (χ0v) is 17.0. The van der Waals surface area contributed by atoms with Crippen molar-refractivity contribution in [1.82, 2.24) is 9.97 Å². The van der Waals surface area contributed by atoms with Crippen molar-refractivity contribution in [1.29, 1.82) is 5.26 Å². The number of hydrogen-bond donors (Lipinski definition) is 2. The highest BCUT2D eigenvalue weighted by Gasteiger charge is 2.42. The van der Waals surface area contributed by atoms with Crippen LogP contribution >= 0.6 is 11.3 Å². The Morgan fingerprint density at radius 3 is 2.61 bits per heavy atom. The molecular weight excluding hydrogens is 374 g/mol. The van der Waals surface area contributed by atoms with Gasteiger partial charge < -0.3 is 10.2 Å². The molecule has 1 saturated heterocycles. The van der Waals surface area contributed by atoms with E-state index in [2.05, 4.69) is 40.1 Å². The Hall–Kier alpha value is -2.66. The normalized spacial score (nSPS) is 27.1. The standard InChI is InChI=1S/C20H23N5O2S/c1-10-7-8-28-16(10)14-13(9-21)18(26)22-17-15(14)19(27)24-20(23-17)25-11(2)5-4-6-12(25)3/h7-8,11-14H,4-6H2,1-3H3,(H2,22,23,24,26,27). The van der Waals surface area contributed by atoms with Crippen LogP contribution in [0.3, 0.4) is 0 Å². The van der Waals surface area contributed by atoms with Gasteiger partial charge in [0, 0.05) is 17.0 Å². The van der Waals surface area contributed by atoms with Crippen LogP contribution in [0.2, 0.25) is 0 Å². The van der Waals surface area contributed by atoms with Gasteiger partial charge in [-0.05, 0) is 57.0 Å². The molecule has 2 aromatic rings. The number of aromatic amines is 1. The molecule has 4 atom stereocenters. The highest BCUT2D eigenvalue weighted by Crippen LogP contribution is 2.41. The Kier molecular flexibility index (Phi) is 4.71. The molecule has 2 aliphatic rings. The van der Waals surface area contributed by atoms with Crippen LogP contribution in [-0.4, -0.2) is 28.0 Å². The third kappa shape index (κ3) is 2.90. The second kappa shape index (κ2) is 7.06. The molecule has 4 rings (SSSR count). The number of aromatic nitrogens is 2. The SMILES string of the molecule is Cc1ccsc1C1c2c(nc(N3C(C)CCCC3C)[nH]c2=O)NC(=O)C1C#N. The number of H-pyrrole nitrogens is 1. The summed E-state index contributed by atoms with van der Waals surface area (Å²) >= 11 is 1.46. The van der Waals surface area contributed by atoms with Gasteiger partial charge in [-0.25, -0.2) is 0 Å². The fraction of sp³-hybridized carbons (Fsp3) is 0.500. The van der Waals surface area contributed by atoms with Crippen LogP contribution in [0.25, 0.3) is 0 Å². The van der Waals surface area contributed by atoms with E-state index < -0.39 is 17.7 Å². The lowest BCUT2D eigenvalue weighted by Crippen LogP contribution is -2.46. The molecule has 8 heteroatoms. The topological polar surface area (TPSA) is 102 Å². The highest BCUT2D eigenvalue weighted by atomic mass is 32.1. The monoisotopic (exact) mass is 397 g/mol. The van der Waals surface area contributed by atoms with Crippen molar-refractivity contribution >= 4 is 29.0 Å². The molecule has 0 bridgehead atoms. The summed E-state index contributed by atoms with van der Waals surface area (Å²) in [7, 11) is 0. The van der Waals surface area contributed by atoms with E-state index in [1.165, 1.54) is 11.3 Å². The number of carbonyl (C=O) groups is 1. The van der Waals surface area contributed by atoms with E-state index in [9.17, 15) is 14.9 Å². The smallest absolute Gasteiger partial charge is 0.258 e. The highest BCUT2D eigenvalue weighted by molar-refractivity contribution is 7.10. The fourth-order valence-corrected chi connectivity index (χ4v) is 5.52. The molecule has 0 saturated carbocycles. The minimum atomic E-state index is -0.952. The van der Waals surface area contributed by atoms with Crippen molar-refractivity contribution in [3.05, 3.63) is 37.8 Å². The maximum atomic E-state index is 13.1. The predicted molar refractivity (Wildman–Crippen MR) is 109 cm³/mol. The Bertz CT molecular complexity index is 1010. The zero-order chi connectivity index (χ0) is 20.0. The number of piperidine rings is 1. The van der Waals surface area contributed by atoms with Crippen LogP contribution in [0.5, 0.6) is 0 Å². The lowest BCUT2D eigenvalue weighted by Gasteiger charge is -2.40. The molecule has 28 heavy (non-hydrogen) atoms. The van der Waals surface area contributed by atoms with Gasteiger partial charge in [0.25, 0.3) is 5.56 Å². The van der Waals surface area contributed by atoms with Crippen LogP contribution < -0.4 is 15.8 Å². The first kappa shape index (κ1) is 18.7. The second-order valence-corrected chi connectivity index (χ2v) is 8.68. The first-order valence-electron chi connectivity index (χ1n) is 9.59. The molecule has 1 amide bonds. The average molecular weight is 398 g/mol. The van der Waals surface area contributed by atoms with Gasteiger partial charge in [-0.3, -0.25) is 14.6 Å². The van der Waals surface area contributed by atoms with Gasteiger partial charge in [-0.15, -0.1) is 11.3 Å². The number of aryl methyl sites for hydroxylation is 1. The number of fused-ring (bicyclic) bond motifs is 1. The molecule has 1 fully saturated rings. The number of rotatable bonds is 2. The van der Waals surface area contributed by atoms with Gasteiger partial charge in [-0.2, -0.15) is 10.2 Å². The molecule has 0 radical (unpaired) electrons. The van der Waals surface area contributed by atoms with E-state index >= 15 is 0 Å². The minimum Gasteiger partial charge on any atom is -0.337 e. The number of carbonyl (C=O) groups excluding carboxylic acids is 1. The van der Waals surface area contributed by atoms with Crippen molar-refractivity contribution in [2.75, 3.05) is 10.2 Å². The van der Waals surface area contributed by atoms with E-state index in [1.807, 2.05) is 18.4 Å². The van der Waals surface area contributed by atoms with Crippen molar-refractivity contribution in [3.8, 4) is 6.07 Å². The van der Waals surface area contributed by atoms with Crippen LogP contribution in [0.4, 0.5) is 11.8 Å². The maximum Gasteiger partial charge on any atom is 0.258 e. The van der Waals surface area contributed by atoms with Crippen LogP contribution in [0, 0.1) is 24.2 Å². The Morgan fingerprint density at radius 1 is 1.29 bits per heavy atom. The van der Waals surface area contributed by atoms with Crippen molar-refractivity contribution < 1.29 is 4.79 Å². The molecule has 4 heterocycles. The number of hydrogen-bond acceptors (Lipinski definition) is 6. The zero-order valence-electron chi connectivity index (χ0n) is 16.2. The summed E-state index contributed by atoms with van der Waals surface area (Å²) < 4.78 is 0. The Labute approximate surface area is 167 Å². The van der Waals surface area contributed by atoms with Crippen molar-refractivity contribution in [2.45, 2.75) is 58.0 Å².